The Morgan fingerprint density at radius 1 is 1.15 bits per heavy atom. The van der Waals surface area contributed by atoms with Crippen molar-refractivity contribution in [2.24, 2.45) is 5.92 Å². The van der Waals surface area contributed by atoms with Crippen LogP contribution < -0.4 is 5.32 Å². The molecular weight excluding hydrogens is 246 g/mol. The lowest BCUT2D eigenvalue weighted by Crippen LogP contribution is -2.33. The van der Waals surface area contributed by atoms with Gasteiger partial charge in [0.1, 0.15) is 0 Å². The first-order valence-corrected chi connectivity index (χ1v) is 7.47. The highest BCUT2D eigenvalue weighted by molar-refractivity contribution is 5.31. The third-order valence-corrected chi connectivity index (χ3v) is 4.13. The average Bonchev–Trinajstić information content (AvgIpc) is 2.97. The molecule has 3 nitrogen and oxygen atoms in total. The normalized spacial score (nSPS) is 15.8. The summed E-state index contributed by atoms with van der Waals surface area (Å²) in [6, 6.07) is 11.0. The van der Waals surface area contributed by atoms with Crippen LogP contribution in [0, 0.1) is 5.92 Å². The van der Waals surface area contributed by atoms with Crippen molar-refractivity contribution in [2.75, 3.05) is 0 Å². The largest absolute Gasteiger partial charge is 0.307 e. The van der Waals surface area contributed by atoms with Gasteiger partial charge in [-0.15, -0.1) is 0 Å². The third-order valence-electron chi connectivity index (χ3n) is 4.13. The zero-order chi connectivity index (χ0) is 14.5. The highest BCUT2D eigenvalue weighted by Gasteiger charge is 2.15. The van der Waals surface area contributed by atoms with E-state index in [2.05, 4.69) is 56.4 Å². The van der Waals surface area contributed by atoms with E-state index in [4.69, 9.17) is 0 Å². The maximum absolute atomic E-state index is 4.46. The Balaban J connectivity index is 2.05. The number of hydrogen-bond acceptors (Lipinski definition) is 2. The van der Waals surface area contributed by atoms with Crippen molar-refractivity contribution >= 4 is 0 Å². The quantitative estimate of drug-likeness (QED) is 0.862. The molecule has 1 heterocycles. The van der Waals surface area contributed by atoms with Gasteiger partial charge in [-0.05, 0) is 31.9 Å². The number of hydrogen-bond donors (Lipinski definition) is 1. The van der Waals surface area contributed by atoms with Gasteiger partial charge in [-0.25, -0.2) is 4.68 Å². The number of rotatable bonds is 6. The molecule has 0 saturated heterocycles. The summed E-state index contributed by atoms with van der Waals surface area (Å²) < 4.78 is 1.93. The Kier molecular flexibility index (Phi) is 4.96. The van der Waals surface area contributed by atoms with E-state index in [1.54, 1.807) is 0 Å². The summed E-state index contributed by atoms with van der Waals surface area (Å²) in [4.78, 5) is 0. The zero-order valence-electron chi connectivity index (χ0n) is 12.9. The molecule has 2 rings (SSSR count). The minimum absolute atomic E-state index is 0.316. The first-order valence-electron chi connectivity index (χ1n) is 7.47. The van der Waals surface area contributed by atoms with E-state index in [0.717, 1.165) is 5.69 Å². The number of nitrogens with zero attached hydrogens (tertiary/aromatic N) is 2. The summed E-state index contributed by atoms with van der Waals surface area (Å²) in [5, 5.41) is 8.11. The van der Waals surface area contributed by atoms with Crippen LogP contribution >= 0.6 is 0 Å². The molecule has 0 radical (unpaired) electrons. The van der Waals surface area contributed by atoms with Gasteiger partial charge in [0.25, 0.3) is 0 Å². The van der Waals surface area contributed by atoms with E-state index in [-0.39, 0.29) is 0 Å². The second-order valence-electron chi connectivity index (χ2n) is 5.62. The molecule has 3 unspecified atom stereocenters. The van der Waals surface area contributed by atoms with Crippen LogP contribution in [0.4, 0.5) is 0 Å². The van der Waals surface area contributed by atoms with Crippen molar-refractivity contribution in [2.45, 2.75) is 46.2 Å². The van der Waals surface area contributed by atoms with Gasteiger partial charge in [0.15, 0.2) is 0 Å². The number of benzene rings is 1. The van der Waals surface area contributed by atoms with Gasteiger partial charge in [-0.3, -0.25) is 0 Å². The SMILES string of the molecule is CCC(C)C(C)NC(C)c1cnn(-c2ccccc2)c1. The van der Waals surface area contributed by atoms with Gasteiger partial charge in [0.2, 0.25) is 0 Å². The van der Waals surface area contributed by atoms with Crippen LogP contribution in [0.3, 0.4) is 0 Å². The van der Waals surface area contributed by atoms with E-state index >= 15 is 0 Å². The number of para-hydroxylation sites is 1. The molecule has 0 fully saturated rings. The van der Waals surface area contributed by atoms with E-state index in [1.807, 2.05) is 29.1 Å². The molecule has 0 aliphatic rings. The summed E-state index contributed by atoms with van der Waals surface area (Å²) in [6.45, 7) is 8.98. The summed E-state index contributed by atoms with van der Waals surface area (Å²) in [5.74, 6) is 0.682. The highest BCUT2D eigenvalue weighted by Crippen LogP contribution is 2.17. The fourth-order valence-corrected chi connectivity index (χ4v) is 2.29. The first kappa shape index (κ1) is 14.8. The van der Waals surface area contributed by atoms with Gasteiger partial charge in [-0.1, -0.05) is 38.5 Å². The minimum atomic E-state index is 0.316. The molecule has 1 N–H and O–H groups in total. The Bertz CT molecular complexity index is 518. The maximum atomic E-state index is 4.46. The predicted molar refractivity (Wildman–Crippen MR) is 84.0 cm³/mol. The molecule has 20 heavy (non-hydrogen) atoms. The van der Waals surface area contributed by atoms with Gasteiger partial charge in [0, 0.05) is 23.8 Å². The predicted octanol–water partition coefficient (Wildman–Crippen LogP) is 3.96. The lowest BCUT2D eigenvalue weighted by atomic mass is 9.99. The molecule has 0 saturated carbocycles. The Labute approximate surface area is 122 Å². The Hall–Kier alpha value is -1.61. The van der Waals surface area contributed by atoms with Crippen LogP contribution in [0.5, 0.6) is 0 Å². The molecule has 3 heteroatoms. The van der Waals surface area contributed by atoms with Gasteiger partial charge in [-0.2, -0.15) is 5.10 Å². The van der Waals surface area contributed by atoms with E-state index in [1.165, 1.54) is 12.0 Å². The smallest absolute Gasteiger partial charge is 0.0645 e. The van der Waals surface area contributed by atoms with Gasteiger partial charge in [0.05, 0.1) is 11.9 Å². The molecular formula is C17H25N3. The minimum Gasteiger partial charge on any atom is -0.307 e. The van der Waals surface area contributed by atoms with Crippen LogP contribution in [0.2, 0.25) is 0 Å². The van der Waals surface area contributed by atoms with Crippen molar-refractivity contribution in [3.05, 3.63) is 48.3 Å². The van der Waals surface area contributed by atoms with E-state index < -0.39 is 0 Å². The fourth-order valence-electron chi connectivity index (χ4n) is 2.29. The standard InChI is InChI=1S/C17H25N3/c1-5-13(2)14(3)19-15(4)16-11-18-20(12-16)17-9-7-6-8-10-17/h6-15,19H,5H2,1-4H3. The van der Waals surface area contributed by atoms with Crippen molar-refractivity contribution in [3.63, 3.8) is 0 Å². The molecule has 2 aromatic rings. The van der Waals surface area contributed by atoms with Crippen LogP contribution in [0.15, 0.2) is 42.7 Å². The monoisotopic (exact) mass is 271 g/mol. The third kappa shape index (κ3) is 3.48. The molecule has 1 aromatic heterocycles. The molecule has 108 valence electrons. The molecule has 0 amide bonds. The van der Waals surface area contributed by atoms with Crippen molar-refractivity contribution in [1.29, 1.82) is 0 Å². The topological polar surface area (TPSA) is 29.9 Å². The van der Waals surface area contributed by atoms with Crippen molar-refractivity contribution in [3.8, 4) is 5.69 Å². The van der Waals surface area contributed by atoms with Crippen molar-refractivity contribution < 1.29 is 0 Å². The summed E-state index contributed by atoms with van der Waals surface area (Å²) in [5.41, 5.74) is 2.32. The van der Waals surface area contributed by atoms with Crippen LogP contribution in [0.25, 0.3) is 5.69 Å². The van der Waals surface area contributed by atoms with E-state index in [9.17, 15) is 0 Å². The van der Waals surface area contributed by atoms with Crippen molar-refractivity contribution in [1.82, 2.24) is 15.1 Å². The average molecular weight is 271 g/mol. The first-order chi connectivity index (χ1) is 9.61. The number of aromatic nitrogens is 2. The summed E-state index contributed by atoms with van der Waals surface area (Å²) in [7, 11) is 0. The van der Waals surface area contributed by atoms with Gasteiger partial charge >= 0.3 is 0 Å². The Morgan fingerprint density at radius 3 is 2.50 bits per heavy atom. The molecule has 0 aliphatic carbocycles. The second kappa shape index (κ2) is 6.71. The molecule has 0 aliphatic heterocycles. The number of nitrogens with one attached hydrogen (secondary N) is 1. The fraction of sp³-hybridized carbons (Fsp3) is 0.471. The van der Waals surface area contributed by atoms with Crippen LogP contribution in [0.1, 0.15) is 45.7 Å². The van der Waals surface area contributed by atoms with E-state index in [0.29, 0.717) is 18.0 Å². The van der Waals surface area contributed by atoms with Crippen LogP contribution in [-0.2, 0) is 0 Å². The van der Waals surface area contributed by atoms with Gasteiger partial charge < -0.3 is 5.32 Å². The molecule has 0 spiro atoms. The highest BCUT2D eigenvalue weighted by atomic mass is 15.3. The lowest BCUT2D eigenvalue weighted by molar-refractivity contribution is 0.360. The lowest BCUT2D eigenvalue weighted by Gasteiger charge is -2.23. The molecule has 1 aromatic carbocycles. The maximum Gasteiger partial charge on any atom is 0.0645 e. The molecule has 0 bridgehead atoms. The second-order valence-corrected chi connectivity index (χ2v) is 5.62. The molecule has 3 atom stereocenters. The summed E-state index contributed by atoms with van der Waals surface area (Å²) in [6.07, 6.45) is 5.26. The van der Waals surface area contributed by atoms with Crippen LogP contribution in [-0.4, -0.2) is 15.8 Å². The zero-order valence-corrected chi connectivity index (χ0v) is 12.9. The summed E-state index contributed by atoms with van der Waals surface area (Å²) >= 11 is 0. The Morgan fingerprint density at radius 2 is 1.85 bits per heavy atom.